The molecular formula is C34H27ClN6O2. The molecule has 2 heterocycles. The molecule has 0 saturated carbocycles. The number of allylic oxidation sites excluding steroid dienone is 2. The van der Waals surface area contributed by atoms with Crippen molar-refractivity contribution in [1.29, 1.82) is 10.5 Å². The third-order valence-corrected chi connectivity index (χ3v) is 7.05. The van der Waals surface area contributed by atoms with Gasteiger partial charge in [0.2, 0.25) is 0 Å². The summed E-state index contributed by atoms with van der Waals surface area (Å²) in [6.45, 7) is 1.21. The predicted octanol–water partition coefficient (Wildman–Crippen LogP) is 5.06. The van der Waals surface area contributed by atoms with Crippen molar-refractivity contribution in [1.82, 2.24) is 15.3 Å². The van der Waals surface area contributed by atoms with E-state index < -0.39 is 0 Å². The highest BCUT2D eigenvalue weighted by atomic mass is 35.5. The van der Waals surface area contributed by atoms with Gasteiger partial charge in [0.05, 0.1) is 10.7 Å². The maximum Gasteiger partial charge on any atom is 0.179 e. The molecule has 2 aromatic heterocycles. The summed E-state index contributed by atoms with van der Waals surface area (Å²) in [7, 11) is 0. The van der Waals surface area contributed by atoms with Gasteiger partial charge >= 0.3 is 0 Å². The molecule has 0 saturated heterocycles. The van der Waals surface area contributed by atoms with E-state index in [0.29, 0.717) is 18.8 Å². The van der Waals surface area contributed by atoms with E-state index in [9.17, 15) is 14.9 Å². The second kappa shape index (κ2) is 15.0. The van der Waals surface area contributed by atoms with Crippen LogP contribution in [-0.4, -0.2) is 21.5 Å². The average molecular weight is 587 g/mol. The summed E-state index contributed by atoms with van der Waals surface area (Å²) < 4.78 is 0. The zero-order valence-corrected chi connectivity index (χ0v) is 23.9. The molecule has 2 aliphatic carbocycles. The second-order valence-electron chi connectivity index (χ2n) is 9.46. The fraction of sp³-hybridized carbons (Fsp3) is 0.118. The molecule has 6 rings (SSSR count). The van der Waals surface area contributed by atoms with Crippen LogP contribution in [0.3, 0.4) is 0 Å². The van der Waals surface area contributed by atoms with Crippen molar-refractivity contribution in [2.45, 2.75) is 25.9 Å². The minimum absolute atomic E-state index is 0.0466. The van der Waals surface area contributed by atoms with Gasteiger partial charge in [-0.15, -0.1) is 0 Å². The first kappa shape index (κ1) is 30.5. The minimum atomic E-state index is -0.238. The van der Waals surface area contributed by atoms with Crippen molar-refractivity contribution in [3.63, 3.8) is 0 Å². The smallest absolute Gasteiger partial charge is 0.179 e. The summed E-state index contributed by atoms with van der Waals surface area (Å²) in [6, 6.07) is 27.3. The van der Waals surface area contributed by atoms with Crippen LogP contribution in [0.25, 0.3) is 10.7 Å². The number of carbonyl (C=O) groups excluding carboxylic acids is 2. The molecule has 3 N–H and O–H groups in total. The number of hydrogen-bond acceptors (Lipinski definition) is 8. The highest BCUT2D eigenvalue weighted by Crippen LogP contribution is 2.31. The molecule has 43 heavy (non-hydrogen) atoms. The number of hydrogen-bond donors (Lipinski definition) is 2. The number of carbonyl (C=O) groups is 2. The third-order valence-electron chi connectivity index (χ3n) is 6.66. The Hall–Kier alpha value is -5.41. The van der Waals surface area contributed by atoms with E-state index in [2.05, 4.69) is 15.3 Å². The zero-order chi connectivity index (χ0) is 30.6. The van der Waals surface area contributed by atoms with Crippen molar-refractivity contribution in [3.05, 3.63) is 142 Å². The molecule has 2 aliphatic rings. The first-order valence-electron chi connectivity index (χ1n) is 13.4. The Morgan fingerprint density at radius 2 is 1.26 bits per heavy atom. The van der Waals surface area contributed by atoms with Gasteiger partial charge in [-0.2, -0.15) is 10.5 Å². The van der Waals surface area contributed by atoms with Crippen LogP contribution in [0, 0.1) is 22.7 Å². The summed E-state index contributed by atoms with van der Waals surface area (Å²) in [5.41, 5.74) is 11.7. The van der Waals surface area contributed by atoms with Gasteiger partial charge in [-0.3, -0.25) is 19.6 Å². The topological polar surface area (TPSA) is 146 Å². The Morgan fingerprint density at radius 1 is 0.744 bits per heavy atom. The van der Waals surface area contributed by atoms with Crippen molar-refractivity contribution in [2.75, 3.05) is 0 Å². The van der Waals surface area contributed by atoms with Crippen molar-refractivity contribution in [2.24, 2.45) is 5.73 Å². The lowest BCUT2D eigenvalue weighted by Crippen LogP contribution is -2.23. The van der Waals surface area contributed by atoms with Gasteiger partial charge in [-0.1, -0.05) is 72.3 Å². The second-order valence-corrected chi connectivity index (χ2v) is 9.83. The van der Waals surface area contributed by atoms with Crippen LogP contribution in [0.2, 0.25) is 0 Å². The Kier molecular flexibility index (Phi) is 10.7. The maximum atomic E-state index is 12.1. The number of ketones is 2. The standard InChI is InChI=1S/C17H13N3O.C10H5ClN2O.C7H9N/c18-9-15-16(21)8-13-11-19-7-6-14(13)17(15)20-10-12-4-2-1-3-5-12;11-10-7-1-2-13-5-6(7)3-9(14)8(10)4-12;8-6-7-4-2-1-3-5-7/h1-7,11,20H,8,10H2;1-2,5H,3H2;1-5H,6,8H2. The van der Waals surface area contributed by atoms with Gasteiger partial charge in [0.15, 0.2) is 11.6 Å². The van der Waals surface area contributed by atoms with E-state index in [0.717, 1.165) is 27.8 Å². The lowest BCUT2D eigenvalue weighted by Gasteiger charge is -2.20. The van der Waals surface area contributed by atoms with Gasteiger partial charge in [0, 0.05) is 61.8 Å². The largest absolute Gasteiger partial charge is 0.379 e. The van der Waals surface area contributed by atoms with Crippen molar-refractivity contribution < 1.29 is 9.59 Å². The van der Waals surface area contributed by atoms with Gasteiger partial charge in [0.1, 0.15) is 23.3 Å². The van der Waals surface area contributed by atoms with Gasteiger partial charge in [0.25, 0.3) is 0 Å². The molecule has 0 atom stereocenters. The molecule has 4 aromatic rings. The number of benzene rings is 2. The van der Waals surface area contributed by atoms with Crippen LogP contribution < -0.4 is 11.1 Å². The van der Waals surface area contributed by atoms with Gasteiger partial charge in [-0.25, -0.2) is 0 Å². The number of nitrogens with two attached hydrogens (primary N) is 1. The number of pyridine rings is 2. The number of halogens is 1. The number of nitriles is 2. The van der Waals surface area contributed by atoms with Crippen LogP contribution in [0.5, 0.6) is 0 Å². The normalized spacial score (nSPS) is 13.2. The van der Waals surface area contributed by atoms with Crippen LogP contribution in [-0.2, 0) is 35.5 Å². The number of rotatable bonds is 4. The maximum absolute atomic E-state index is 12.1. The van der Waals surface area contributed by atoms with E-state index in [1.165, 1.54) is 5.56 Å². The van der Waals surface area contributed by atoms with Crippen LogP contribution in [0.1, 0.15) is 33.4 Å². The van der Waals surface area contributed by atoms with E-state index in [1.807, 2.05) is 78.9 Å². The van der Waals surface area contributed by atoms with Crippen molar-refractivity contribution >= 4 is 33.9 Å². The summed E-state index contributed by atoms with van der Waals surface area (Å²) in [5, 5.41) is 21.5. The number of nitrogens with zero attached hydrogens (tertiary/aromatic N) is 4. The summed E-state index contributed by atoms with van der Waals surface area (Å²) in [4.78, 5) is 31.4. The van der Waals surface area contributed by atoms with Crippen LogP contribution in [0.15, 0.2) is 109 Å². The third kappa shape index (κ3) is 7.66. The Morgan fingerprint density at radius 3 is 1.79 bits per heavy atom. The molecule has 8 nitrogen and oxygen atoms in total. The Bertz CT molecular complexity index is 1770. The van der Waals surface area contributed by atoms with E-state index in [1.54, 1.807) is 30.9 Å². The summed E-state index contributed by atoms with van der Waals surface area (Å²) in [5.74, 6) is -0.397. The molecule has 0 aliphatic heterocycles. The molecule has 0 bridgehead atoms. The molecule has 9 heteroatoms. The molecule has 0 amide bonds. The van der Waals surface area contributed by atoms with E-state index >= 15 is 0 Å². The van der Waals surface area contributed by atoms with Gasteiger partial charge < -0.3 is 11.1 Å². The number of fused-ring (bicyclic) bond motifs is 2. The quantitative estimate of drug-likeness (QED) is 0.337. The molecule has 212 valence electrons. The first-order chi connectivity index (χ1) is 21.0. The van der Waals surface area contributed by atoms with Crippen LogP contribution >= 0.6 is 11.6 Å². The van der Waals surface area contributed by atoms with E-state index in [-0.39, 0.29) is 40.6 Å². The van der Waals surface area contributed by atoms with Crippen LogP contribution in [0.4, 0.5) is 0 Å². The van der Waals surface area contributed by atoms with Gasteiger partial charge in [-0.05, 0) is 34.4 Å². The molecular weight excluding hydrogens is 560 g/mol. The Labute approximate surface area is 254 Å². The fourth-order valence-electron chi connectivity index (χ4n) is 4.46. The summed E-state index contributed by atoms with van der Waals surface area (Å²) >= 11 is 5.92. The lowest BCUT2D eigenvalue weighted by atomic mass is 9.90. The minimum Gasteiger partial charge on any atom is -0.379 e. The zero-order valence-electron chi connectivity index (χ0n) is 23.1. The molecule has 0 unspecified atom stereocenters. The number of aromatic nitrogens is 2. The number of Topliss-reactive ketones (excluding diaryl/α,β-unsaturated/α-hetero) is 2. The molecule has 2 aromatic carbocycles. The monoisotopic (exact) mass is 586 g/mol. The number of nitrogens with one attached hydrogen (secondary N) is 1. The molecule has 0 fully saturated rings. The van der Waals surface area contributed by atoms with Crippen molar-refractivity contribution in [3.8, 4) is 12.1 Å². The lowest BCUT2D eigenvalue weighted by molar-refractivity contribution is -0.115. The fourth-order valence-corrected chi connectivity index (χ4v) is 4.79. The SMILES string of the molecule is N#CC1=C(Cl)c2ccncc2CC1=O.N#CC1=C(NCc2ccccc2)c2ccncc2CC1=O.NCc1ccccc1. The molecule has 0 radical (unpaired) electrons. The molecule has 0 spiro atoms. The van der Waals surface area contributed by atoms with E-state index in [4.69, 9.17) is 22.6 Å². The predicted molar refractivity (Wildman–Crippen MR) is 164 cm³/mol. The highest BCUT2D eigenvalue weighted by Gasteiger charge is 2.26. The first-order valence-corrected chi connectivity index (χ1v) is 13.7. The highest BCUT2D eigenvalue weighted by molar-refractivity contribution is 6.52. The average Bonchev–Trinajstić information content (AvgIpc) is 3.05. The summed E-state index contributed by atoms with van der Waals surface area (Å²) in [6.07, 6.45) is 7.00. The Balaban J connectivity index is 0.000000165.